The second kappa shape index (κ2) is 6.83. The van der Waals surface area contributed by atoms with Gasteiger partial charge in [-0.2, -0.15) is 0 Å². The summed E-state index contributed by atoms with van der Waals surface area (Å²) in [7, 11) is 0. The largest absolute Gasteiger partial charge is 0.382 e. The van der Waals surface area contributed by atoms with E-state index < -0.39 is 0 Å². The van der Waals surface area contributed by atoms with Gasteiger partial charge < -0.3 is 4.74 Å². The van der Waals surface area contributed by atoms with Gasteiger partial charge in [-0.05, 0) is 38.5 Å². The van der Waals surface area contributed by atoms with Crippen molar-refractivity contribution in [3.63, 3.8) is 0 Å². The van der Waals surface area contributed by atoms with Crippen LogP contribution in [0.4, 0.5) is 0 Å². The van der Waals surface area contributed by atoms with Crippen molar-refractivity contribution in [2.75, 3.05) is 13.2 Å². The van der Waals surface area contributed by atoms with Gasteiger partial charge in [-0.3, -0.25) is 0 Å². The van der Waals surface area contributed by atoms with E-state index in [0.29, 0.717) is 0 Å². The summed E-state index contributed by atoms with van der Waals surface area (Å²) in [5.41, 5.74) is 0. The normalized spacial score (nSPS) is 29.1. The minimum atomic E-state index is 0.780. The fraction of sp³-hybridized carbons (Fsp3) is 1.00. The van der Waals surface area contributed by atoms with Gasteiger partial charge in [0.15, 0.2) is 0 Å². The maximum absolute atomic E-state index is 5.34. The molecule has 0 radical (unpaired) electrons. The topological polar surface area (TPSA) is 9.23 Å². The zero-order valence-electron chi connectivity index (χ0n) is 8.60. The predicted molar refractivity (Wildman–Crippen MR) is 60.4 cm³/mol. The van der Waals surface area contributed by atoms with Gasteiger partial charge >= 0.3 is 0 Å². The highest BCUT2D eigenvalue weighted by Crippen LogP contribution is 2.32. The molecule has 0 amide bonds. The maximum atomic E-state index is 5.34. The fourth-order valence-corrected chi connectivity index (χ4v) is 2.93. The van der Waals surface area contributed by atoms with Gasteiger partial charge in [0.1, 0.15) is 0 Å². The lowest BCUT2D eigenvalue weighted by Crippen LogP contribution is -2.19. The Hall–Kier alpha value is 0.440. The summed E-state index contributed by atoms with van der Waals surface area (Å²) >= 11 is 3.78. The molecule has 0 spiro atoms. The molecular formula is C11H21BrO. The third kappa shape index (κ3) is 4.46. The number of hydrogen-bond donors (Lipinski definition) is 0. The van der Waals surface area contributed by atoms with Crippen molar-refractivity contribution in [1.82, 2.24) is 0 Å². The number of hydrogen-bond acceptors (Lipinski definition) is 1. The molecule has 1 nitrogen and oxygen atoms in total. The van der Waals surface area contributed by atoms with E-state index in [0.717, 1.165) is 24.0 Å². The third-order valence-electron chi connectivity index (χ3n) is 2.88. The van der Waals surface area contributed by atoms with E-state index in [-0.39, 0.29) is 0 Å². The van der Waals surface area contributed by atoms with Gasteiger partial charge in [-0.25, -0.2) is 0 Å². The molecule has 13 heavy (non-hydrogen) atoms. The van der Waals surface area contributed by atoms with Crippen molar-refractivity contribution in [2.45, 2.75) is 50.3 Å². The van der Waals surface area contributed by atoms with Crippen LogP contribution >= 0.6 is 15.9 Å². The average molecular weight is 249 g/mol. The lowest BCUT2D eigenvalue weighted by Gasteiger charge is -2.27. The second-order valence-electron chi connectivity index (χ2n) is 3.90. The van der Waals surface area contributed by atoms with Crippen molar-refractivity contribution < 1.29 is 4.74 Å². The Morgan fingerprint density at radius 2 is 2.08 bits per heavy atom. The first-order valence-electron chi connectivity index (χ1n) is 5.56. The summed E-state index contributed by atoms with van der Waals surface area (Å²) in [5, 5.41) is 0. The van der Waals surface area contributed by atoms with Crippen molar-refractivity contribution >= 4 is 15.9 Å². The first-order valence-corrected chi connectivity index (χ1v) is 6.48. The van der Waals surface area contributed by atoms with Gasteiger partial charge in [0.05, 0.1) is 0 Å². The second-order valence-corrected chi connectivity index (χ2v) is 5.08. The van der Waals surface area contributed by atoms with Crippen molar-refractivity contribution in [2.24, 2.45) is 5.92 Å². The van der Waals surface area contributed by atoms with E-state index in [4.69, 9.17) is 4.74 Å². The molecule has 78 valence electrons. The van der Waals surface area contributed by atoms with Crippen molar-refractivity contribution in [1.29, 1.82) is 0 Å². The molecule has 1 rings (SSSR count). The standard InChI is InChI=1S/C11H21BrO/c1-2-13-9-5-7-10-6-3-4-8-11(10)12/h10-11H,2-9H2,1H3. The van der Waals surface area contributed by atoms with E-state index in [2.05, 4.69) is 22.9 Å². The van der Waals surface area contributed by atoms with Crippen LogP contribution in [0.15, 0.2) is 0 Å². The van der Waals surface area contributed by atoms with Crippen molar-refractivity contribution in [3.05, 3.63) is 0 Å². The van der Waals surface area contributed by atoms with E-state index in [9.17, 15) is 0 Å². The minimum Gasteiger partial charge on any atom is -0.382 e. The quantitative estimate of drug-likeness (QED) is 0.532. The van der Waals surface area contributed by atoms with Crippen LogP contribution in [0.1, 0.15) is 45.4 Å². The molecule has 0 heterocycles. The van der Waals surface area contributed by atoms with Crippen molar-refractivity contribution in [3.8, 4) is 0 Å². The van der Waals surface area contributed by atoms with Crippen LogP contribution in [0.3, 0.4) is 0 Å². The monoisotopic (exact) mass is 248 g/mol. The highest BCUT2D eigenvalue weighted by Gasteiger charge is 2.21. The number of ether oxygens (including phenoxy) is 1. The van der Waals surface area contributed by atoms with Gasteiger partial charge in [0.2, 0.25) is 0 Å². The smallest absolute Gasteiger partial charge is 0.0466 e. The van der Waals surface area contributed by atoms with Crippen LogP contribution in [0.2, 0.25) is 0 Å². The number of alkyl halides is 1. The lowest BCUT2D eigenvalue weighted by atomic mass is 9.86. The van der Waals surface area contributed by atoms with Crippen LogP contribution in [-0.2, 0) is 4.74 Å². The first-order chi connectivity index (χ1) is 6.34. The Morgan fingerprint density at radius 1 is 1.31 bits per heavy atom. The predicted octanol–water partition coefficient (Wildman–Crippen LogP) is 3.76. The zero-order valence-corrected chi connectivity index (χ0v) is 10.2. The van der Waals surface area contributed by atoms with E-state index in [1.54, 1.807) is 0 Å². The summed E-state index contributed by atoms with van der Waals surface area (Å²) in [6.45, 7) is 3.88. The molecule has 0 aliphatic heterocycles. The molecule has 0 aromatic rings. The molecule has 0 bridgehead atoms. The maximum Gasteiger partial charge on any atom is 0.0466 e. The summed E-state index contributed by atoms with van der Waals surface area (Å²) < 4.78 is 5.34. The zero-order chi connectivity index (χ0) is 9.52. The van der Waals surface area contributed by atoms with Crippen LogP contribution in [0, 0.1) is 5.92 Å². The Balaban J connectivity index is 2.05. The summed E-state index contributed by atoms with van der Waals surface area (Å²) in [5.74, 6) is 0.911. The molecule has 1 aliphatic rings. The molecule has 2 atom stereocenters. The Labute approximate surface area is 90.4 Å². The van der Waals surface area contributed by atoms with E-state index in [1.165, 1.54) is 38.5 Å². The van der Waals surface area contributed by atoms with Crippen LogP contribution < -0.4 is 0 Å². The molecule has 1 saturated carbocycles. The molecule has 2 unspecified atom stereocenters. The summed E-state index contributed by atoms with van der Waals surface area (Å²) in [6, 6.07) is 0. The van der Waals surface area contributed by atoms with Gasteiger partial charge in [0.25, 0.3) is 0 Å². The molecule has 0 saturated heterocycles. The summed E-state index contributed by atoms with van der Waals surface area (Å²) in [6.07, 6.45) is 8.22. The van der Waals surface area contributed by atoms with Crippen LogP contribution in [-0.4, -0.2) is 18.0 Å². The number of halogens is 1. The molecule has 2 heteroatoms. The SMILES string of the molecule is CCOCCCC1CCCCC1Br. The highest BCUT2D eigenvalue weighted by molar-refractivity contribution is 9.09. The molecule has 1 fully saturated rings. The molecular weight excluding hydrogens is 228 g/mol. The molecule has 0 aromatic carbocycles. The van der Waals surface area contributed by atoms with Crippen LogP contribution in [0.25, 0.3) is 0 Å². The van der Waals surface area contributed by atoms with E-state index >= 15 is 0 Å². The minimum absolute atomic E-state index is 0.780. The first kappa shape index (κ1) is 11.5. The Morgan fingerprint density at radius 3 is 2.77 bits per heavy atom. The van der Waals surface area contributed by atoms with Crippen LogP contribution in [0.5, 0.6) is 0 Å². The molecule has 0 aromatic heterocycles. The highest BCUT2D eigenvalue weighted by atomic mass is 79.9. The van der Waals surface area contributed by atoms with E-state index in [1.807, 2.05) is 0 Å². The fourth-order valence-electron chi connectivity index (χ4n) is 2.08. The van der Waals surface area contributed by atoms with Gasteiger partial charge in [0, 0.05) is 18.0 Å². The lowest BCUT2D eigenvalue weighted by molar-refractivity contribution is 0.137. The van der Waals surface area contributed by atoms with Gasteiger partial charge in [-0.15, -0.1) is 0 Å². The molecule has 0 N–H and O–H groups in total. The number of rotatable bonds is 5. The third-order valence-corrected chi connectivity index (χ3v) is 4.09. The van der Waals surface area contributed by atoms with Gasteiger partial charge in [-0.1, -0.05) is 28.8 Å². The Kier molecular flexibility index (Phi) is 6.05. The average Bonchev–Trinajstić information content (AvgIpc) is 2.15. The Bertz CT molecular complexity index is 127. The molecule has 1 aliphatic carbocycles. The summed E-state index contributed by atoms with van der Waals surface area (Å²) in [4.78, 5) is 0.780.